The van der Waals surface area contributed by atoms with Crippen molar-refractivity contribution >= 4 is 39.3 Å². The first-order valence-corrected chi connectivity index (χ1v) is 6.61. The van der Waals surface area contributed by atoms with Crippen molar-refractivity contribution in [1.29, 1.82) is 0 Å². The number of carbonyl (C=O) groups is 2. The van der Waals surface area contributed by atoms with Crippen molar-refractivity contribution in [1.82, 2.24) is 0 Å². The van der Waals surface area contributed by atoms with Crippen molar-refractivity contribution in [2.75, 3.05) is 12.4 Å². The number of rotatable bonds is 5. The lowest BCUT2D eigenvalue weighted by Gasteiger charge is -2.08. The molecule has 0 unspecified atom stereocenters. The number of hydrogen-bond acceptors (Lipinski definition) is 3. The average Bonchev–Trinajstić information content (AvgIpc) is 2.37. The zero-order chi connectivity index (χ0) is 12.8. The minimum atomic E-state index is -0.408. The van der Waals surface area contributed by atoms with Crippen LogP contribution in [0.3, 0.4) is 0 Å². The van der Waals surface area contributed by atoms with Crippen LogP contribution in [0.1, 0.15) is 21.5 Å². The summed E-state index contributed by atoms with van der Waals surface area (Å²) in [5.74, 6) is -0.0765. The number of ketones is 1. The van der Waals surface area contributed by atoms with Crippen LogP contribution in [0.4, 0.5) is 0 Å². The van der Waals surface area contributed by atoms with Gasteiger partial charge in [-0.25, -0.2) is 4.79 Å². The molecule has 0 atom stereocenters. The van der Waals surface area contributed by atoms with Gasteiger partial charge in [-0.05, 0) is 23.3 Å². The molecule has 0 spiro atoms. The van der Waals surface area contributed by atoms with Crippen LogP contribution in [-0.4, -0.2) is 24.2 Å². The molecule has 3 nitrogen and oxygen atoms in total. The van der Waals surface area contributed by atoms with Crippen molar-refractivity contribution in [3.63, 3.8) is 0 Å². The SMILES string of the molecule is COC(=O)c1ccc(CC(=O)CBr)c(CCl)c1. The molecule has 1 aromatic rings. The van der Waals surface area contributed by atoms with E-state index >= 15 is 0 Å². The van der Waals surface area contributed by atoms with Gasteiger partial charge < -0.3 is 4.74 Å². The zero-order valence-electron chi connectivity index (χ0n) is 9.33. The van der Waals surface area contributed by atoms with Gasteiger partial charge in [0.2, 0.25) is 0 Å². The third-order valence-corrected chi connectivity index (χ3v) is 3.22. The van der Waals surface area contributed by atoms with E-state index in [1.165, 1.54) is 7.11 Å². The van der Waals surface area contributed by atoms with E-state index in [0.29, 0.717) is 17.3 Å². The van der Waals surface area contributed by atoms with Gasteiger partial charge in [-0.1, -0.05) is 22.0 Å². The maximum absolute atomic E-state index is 11.3. The highest BCUT2D eigenvalue weighted by molar-refractivity contribution is 9.09. The number of hydrogen-bond donors (Lipinski definition) is 0. The van der Waals surface area contributed by atoms with E-state index < -0.39 is 5.97 Å². The second kappa shape index (κ2) is 6.77. The highest BCUT2D eigenvalue weighted by Crippen LogP contribution is 2.16. The maximum atomic E-state index is 11.3. The monoisotopic (exact) mass is 318 g/mol. The fourth-order valence-electron chi connectivity index (χ4n) is 1.43. The fourth-order valence-corrected chi connectivity index (χ4v) is 1.87. The summed E-state index contributed by atoms with van der Waals surface area (Å²) in [6.45, 7) is 0. The first-order chi connectivity index (χ1) is 8.12. The summed E-state index contributed by atoms with van der Waals surface area (Å²) in [5, 5.41) is 0.313. The molecule has 0 aliphatic carbocycles. The Morgan fingerprint density at radius 1 is 1.35 bits per heavy atom. The zero-order valence-corrected chi connectivity index (χ0v) is 11.7. The lowest BCUT2D eigenvalue weighted by atomic mass is 10.0. The van der Waals surface area contributed by atoms with Crippen LogP contribution in [0.15, 0.2) is 18.2 Å². The molecule has 17 heavy (non-hydrogen) atoms. The molecular formula is C12H12BrClO3. The number of benzene rings is 1. The first kappa shape index (κ1) is 14.2. The topological polar surface area (TPSA) is 43.4 Å². The van der Waals surface area contributed by atoms with Crippen LogP contribution in [0, 0.1) is 0 Å². The van der Waals surface area contributed by atoms with Crippen molar-refractivity contribution in [3.8, 4) is 0 Å². The molecule has 0 amide bonds. The Morgan fingerprint density at radius 2 is 2.06 bits per heavy atom. The van der Waals surface area contributed by atoms with Gasteiger partial charge >= 0.3 is 5.97 Å². The molecule has 0 saturated carbocycles. The molecule has 92 valence electrons. The number of ether oxygens (including phenoxy) is 1. The predicted octanol–water partition coefficient (Wildman–Crippen LogP) is 2.72. The molecule has 0 radical (unpaired) electrons. The molecule has 5 heteroatoms. The number of carbonyl (C=O) groups excluding carboxylic acids is 2. The summed E-state index contributed by atoms with van der Waals surface area (Å²) in [5.41, 5.74) is 2.07. The van der Waals surface area contributed by atoms with Gasteiger partial charge in [-0.15, -0.1) is 11.6 Å². The van der Waals surface area contributed by atoms with Crippen molar-refractivity contribution < 1.29 is 14.3 Å². The summed E-state index contributed by atoms with van der Waals surface area (Å²) >= 11 is 8.91. The maximum Gasteiger partial charge on any atom is 0.337 e. The summed E-state index contributed by atoms with van der Waals surface area (Å²) in [4.78, 5) is 22.7. The lowest BCUT2D eigenvalue weighted by Crippen LogP contribution is -2.08. The molecule has 0 aromatic heterocycles. The van der Waals surface area contributed by atoms with Gasteiger partial charge in [-0.3, -0.25) is 4.79 Å². The summed E-state index contributed by atoms with van der Waals surface area (Å²) in [6.07, 6.45) is 0.314. The van der Waals surface area contributed by atoms with Crippen LogP contribution in [0.5, 0.6) is 0 Å². The van der Waals surface area contributed by atoms with Gasteiger partial charge in [0.05, 0.1) is 18.0 Å². The minimum Gasteiger partial charge on any atom is -0.465 e. The van der Waals surface area contributed by atoms with E-state index in [0.717, 1.165) is 11.1 Å². The van der Waals surface area contributed by atoms with Crippen molar-refractivity contribution in [2.45, 2.75) is 12.3 Å². The number of alkyl halides is 2. The Labute approximate surface area is 113 Å². The fraction of sp³-hybridized carbons (Fsp3) is 0.333. The summed E-state index contributed by atoms with van der Waals surface area (Å²) in [7, 11) is 1.32. The molecular weight excluding hydrogens is 307 g/mol. The third kappa shape index (κ3) is 3.82. The molecule has 0 aliphatic rings. The normalized spacial score (nSPS) is 10.1. The quantitative estimate of drug-likeness (QED) is 0.619. The average molecular weight is 320 g/mol. The van der Waals surface area contributed by atoms with E-state index in [2.05, 4.69) is 20.7 Å². The number of Topliss-reactive ketones (excluding diaryl/α,β-unsaturated/α-hetero) is 1. The number of halogens is 2. The van der Waals surface area contributed by atoms with Gasteiger partial charge in [0.15, 0.2) is 0 Å². The molecule has 1 rings (SSSR count). The summed E-state index contributed by atoms with van der Waals surface area (Å²) in [6, 6.07) is 5.04. The third-order valence-electron chi connectivity index (χ3n) is 2.31. The Kier molecular flexibility index (Phi) is 5.65. The van der Waals surface area contributed by atoms with Crippen molar-refractivity contribution in [2.24, 2.45) is 0 Å². The van der Waals surface area contributed by atoms with Gasteiger partial charge in [0.25, 0.3) is 0 Å². The van der Waals surface area contributed by atoms with E-state index in [1.807, 2.05) is 0 Å². The van der Waals surface area contributed by atoms with Crippen LogP contribution in [-0.2, 0) is 21.8 Å². The minimum absolute atomic E-state index is 0.0715. The number of esters is 1. The van der Waals surface area contributed by atoms with E-state index in [-0.39, 0.29) is 11.7 Å². The molecule has 0 heterocycles. The standard InChI is InChI=1S/C12H12BrClO3/c1-17-12(16)9-3-2-8(5-11(15)6-13)10(4-9)7-14/h2-4H,5-7H2,1H3. The predicted molar refractivity (Wildman–Crippen MR) is 69.8 cm³/mol. The first-order valence-electron chi connectivity index (χ1n) is 4.96. The Morgan fingerprint density at radius 3 is 2.59 bits per heavy atom. The largest absolute Gasteiger partial charge is 0.465 e. The van der Waals surface area contributed by atoms with Crippen LogP contribution in [0.2, 0.25) is 0 Å². The molecule has 0 bridgehead atoms. The number of methoxy groups -OCH3 is 1. The van der Waals surface area contributed by atoms with Gasteiger partial charge in [0.1, 0.15) is 5.78 Å². The molecule has 0 fully saturated rings. The van der Waals surface area contributed by atoms with Crippen LogP contribution >= 0.6 is 27.5 Å². The van der Waals surface area contributed by atoms with Gasteiger partial charge in [0, 0.05) is 12.3 Å². The molecule has 0 aliphatic heterocycles. The van der Waals surface area contributed by atoms with E-state index in [1.54, 1.807) is 18.2 Å². The summed E-state index contributed by atoms with van der Waals surface area (Å²) < 4.78 is 4.62. The Hall–Kier alpha value is -0.870. The van der Waals surface area contributed by atoms with E-state index in [9.17, 15) is 9.59 Å². The van der Waals surface area contributed by atoms with Crippen LogP contribution < -0.4 is 0 Å². The smallest absolute Gasteiger partial charge is 0.337 e. The second-order valence-corrected chi connectivity index (χ2v) is 4.29. The highest BCUT2D eigenvalue weighted by atomic mass is 79.9. The van der Waals surface area contributed by atoms with Gasteiger partial charge in [-0.2, -0.15) is 0 Å². The molecule has 0 saturated heterocycles. The Balaban J connectivity index is 3.01. The highest BCUT2D eigenvalue weighted by Gasteiger charge is 2.11. The lowest BCUT2D eigenvalue weighted by molar-refractivity contribution is -0.115. The van der Waals surface area contributed by atoms with Crippen molar-refractivity contribution in [3.05, 3.63) is 34.9 Å². The Bertz CT molecular complexity index is 432. The van der Waals surface area contributed by atoms with E-state index in [4.69, 9.17) is 11.6 Å². The molecule has 0 N–H and O–H groups in total. The molecule has 1 aromatic carbocycles. The van der Waals surface area contributed by atoms with Crippen LogP contribution in [0.25, 0.3) is 0 Å². The second-order valence-electron chi connectivity index (χ2n) is 3.46.